The second kappa shape index (κ2) is 12.8. The number of hydrogen-bond donors (Lipinski definition) is 2. The van der Waals surface area contributed by atoms with Crippen LogP contribution in [0.2, 0.25) is 0 Å². The Morgan fingerprint density at radius 2 is 1.73 bits per heavy atom. The number of ether oxygens (including phenoxy) is 2. The van der Waals surface area contributed by atoms with E-state index in [1.165, 1.54) is 19.2 Å². The van der Waals surface area contributed by atoms with Crippen LogP contribution in [0.15, 0.2) is 71.6 Å². The molecular weight excluding hydrogens is 562 g/mol. The fraction of sp³-hybridized carbons (Fsp3) is 0.310. The number of amides is 1. The fourth-order valence-corrected chi connectivity index (χ4v) is 6.72. The summed E-state index contributed by atoms with van der Waals surface area (Å²) in [4.78, 5) is 22.5. The summed E-state index contributed by atoms with van der Waals surface area (Å²) in [7, 11) is -2.37. The van der Waals surface area contributed by atoms with E-state index >= 15 is 0 Å². The van der Waals surface area contributed by atoms with Gasteiger partial charge in [0.05, 0.1) is 40.1 Å². The lowest BCUT2D eigenvalue weighted by atomic mass is 10.1. The molecule has 2 N–H and O–H groups in total. The number of carbonyl (C=O) groups excluding carboxylic acids is 1. The van der Waals surface area contributed by atoms with Gasteiger partial charge in [0.15, 0.2) is 5.13 Å². The highest BCUT2D eigenvalue weighted by atomic mass is 32.2. The van der Waals surface area contributed by atoms with Crippen LogP contribution in [0, 0.1) is 0 Å². The number of aromatic nitrogens is 1. The second-order valence-electron chi connectivity index (χ2n) is 9.47. The molecule has 1 aliphatic heterocycles. The van der Waals surface area contributed by atoms with Gasteiger partial charge in [0, 0.05) is 39.3 Å². The first-order valence-corrected chi connectivity index (χ1v) is 15.7. The summed E-state index contributed by atoms with van der Waals surface area (Å²) in [6.07, 6.45) is 0. The number of nitrogens with zero attached hydrogens (tertiary/aromatic N) is 3. The number of benzene rings is 3. The van der Waals surface area contributed by atoms with Crippen LogP contribution >= 0.6 is 11.3 Å². The third-order valence-corrected chi connectivity index (χ3v) is 9.26. The summed E-state index contributed by atoms with van der Waals surface area (Å²) in [6.45, 7) is 7.15. The first kappa shape index (κ1) is 28.7. The van der Waals surface area contributed by atoms with Gasteiger partial charge in [0.1, 0.15) is 11.5 Å². The van der Waals surface area contributed by atoms with Crippen LogP contribution < -0.4 is 24.4 Å². The molecule has 2 heterocycles. The van der Waals surface area contributed by atoms with E-state index in [1.54, 1.807) is 47.7 Å². The van der Waals surface area contributed by atoms with Crippen molar-refractivity contribution in [3.63, 3.8) is 0 Å². The molecule has 0 saturated carbocycles. The first-order chi connectivity index (χ1) is 19.9. The lowest BCUT2D eigenvalue weighted by molar-refractivity contribution is 0.0948. The molecule has 1 aliphatic rings. The molecule has 0 atom stereocenters. The number of carbonyl (C=O) groups is 1. The van der Waals surface area contributed by atoms with E-state index in [0.29, 0.717) is 25.4 Å². The maximum atomic E-state index is 13.0. The number of thiazole rings is 1. The monoisotopic (exact) mass is 595 g/mol. The van der Waals surface area contributed by atoms with E-state index < -0.39 is 10.0 Å². The van der Waals surface area contributed by atoms with Crippen LogP contribution in [0.4, 0.5) is 10.8 Å². The quantitative estimate of drug-likeness (QED) is 0.267. The molecule has 0 spiro atoms. The van der Waals surface area contributed by atoms with Crippen molar-refractivity contribution in [1.29, 1.82) is 0 Å². The number of piperazine rings is 1. The molecule has 1 saturated heterocycles. The lowest BCUT2D eigenvalue weighted by Gasteiger charge is -2.34. The molecule has 1 aromatic heterocycles. The van der Waals surface area contributed by atoms with Crippen LogP contribution in [0.1, 0.15) is 17.3 Å². The molecule has 0 bridgehead atoms. The van der Waals surface area contributed by atoms with Crippen LogP contribution in [-0.4, -0.2) is 77.2 Å². The van der Waals surface area contributed by atoms with Crippen LogP contribution in [0.3, 0.4) is 0 Å². The average molecular weight is 596 g/mol. The van der Waals surface area contributed by atoms with Crippen molar-refractivity contribution in [2.45, 2.75) is 11.8 Å². The molecule has 0 unspecified atom stereocenters. The van der Waals surface area contributed by atoms with Gasteiger partial charge in [0.2, 0.25) is 0 Å². The molecule has 4 aromatic rings. The Morgan fingerprint density at radius 3 is 2.46 bits per heavy atom. The predicted octanol–water partition coefficient (Wildman–Crippen LogP) is 4.06. The number of fused-ring (bicyclic) bond motifs is 1. The molecule has 10 nitrogen and oxygen atoms in total. The van der Waals surface area contributed by atoms with Crippen LogP contribution in [0.5, 0.6) is 11.5 Å². The number of methoxy groups -OCH3 is 1. The zero-order valence-corrected chi connectivity index (χ0v) is 24.6. The number of sulfonamides is 1. The highest BCUT2D eigenvalue weighted by Gasteiger charge is 2.21. The lowest BCUT2D eigenvalue weighted by Crippen LogP contribution is -2.48. The van der Waals surface area contributed by atoms with Crippen molar-refractivity contribution in [2.24, 2.45) is 0 Å². The SMILES string of the molecule is CCOc1ccc2nc(N3CCN(CCNC(=O)c4ccccc4NS(=O)(=O)c4ccc(OC)cc4)CC3)sc2c1. The molecular formula is C29H33N5O5S2. The van der Waals surface area contributed by atoms with E-state index in [2.05, 4.69) is 19.8 Å². The molecule has 5 rings (SSSR count). The van der Waals surface area contributed by atoms with E-state index in [9.17, 15) is 13.2 Å². The highest BCUT2D eigenvalue weighted by molar-refractivity contribution is 7.92. The number of nitrogens with one attached hydrogen (secondary N) is 2. The van der Waals surface area contributed by atoms with Crippen LogP contribution in [0.25, 0.3) is 10.2 Å². The van der Waals surface area contributed by atoms with Gasteiger partial charge >= 0.3 is 0 Å². The molecule has 3 aromatic carbocycles. The Morgan fingerprint density at radius 1 is 1.00 bits per heavy atom. The van der Waals surface area contributed by atoms with Gasteiger partial charge < -0.3 is 19.7 Å². The van der Waals surface area contributed by atoms with Gasteiger partial charge in [-0.15, -0.1) is 0 Å². The van der Waals surface area contributed by atoms with Gasteiger partial charge in [-0.2, -0.15) is 0 Å². The number of anilines is 2. The molecule has 0 radical (unpaired) electrons. The second-order valence-corrected chi connectivity index (χ2v) is 12.2. The molecule has 216 valence electrons. The summed E-state index contributed by atoms with van der Waals surface area (Å²) >= 11 is 1.67. The Balaban J connectivity index is 1.13. The van der Waals surface area contributed by atoms with E-state index in [-0.39, 0.29) is 22.1 Å². The third-order valence-electron chi connectivity index (χ3n) is 6.80. The minimum absolute atomic E-state index is 0.0776. The highest BCUT2D eigenvalue weighted by Crippen LogP contribution is 2.32. The zero-order valence-electron chi connectivity index (χ0n) is 23.0. The minimum Gasteiger partial charge on any atom is -0.497 e. The van der Waals surface area contributed by atoms with Gasteiger partial charge in [0.25, 0.3) is 15.9 Å². The van der Waals surface area contributed by atoms with Gasteiger partial charge in [-0.05, 0) is 61.5 Å². The Kier molecular flexibility index (Phi) is 8.91. The van der Waals surface area contributed by atoms with Crippen molar-refractivity contribution in [3.05, 3.63) is 72.3 Å². The van der Waals surface area contributed by atoms with E-state index in [1.807, 2.05) is 25.1 Å². The van der Waals surface area contributed by atoms with Gasteiger partial charge in [-0.1, -0.05) is 23.5 Å². The number of rotatable bonds is 11. The Labute approximate surface area is 243 Å². The normalized spacial score (nSPS) is 14.1. The smallest absolute Gasteiger partial charge is 0.261 e. The molecule has 41 heavy (non-hydrogen) atoms. The minimum atomic E-state index is -3.88. The number of para-hydroxylation sites is 1. The third kappa shape index (κ3) is 6.89. The summed E-state index contributed by atoms with van der Waals surface area (Å²) in [5.74, 6) is 1.08. The van der Waals surface area contributed by atoms with Gasteiger partial charge in [-0.25, -0.2) is 13.4 Å². The van der Waals surface area contributed by atoms with Crippen molar-refractivity contribution in [3.8, 4) is 11.5 Å². The summed E-state index contributed by atoms with van der Waals surface area (Å²) < 4.78 is 40.2. The molecule has 12 heteroatoms. The molecule has 1 amide bonds. The molecule has 1 fully saturated rings. The number of hydrogen-bond acceptors (Lipinski definition) is 9. The van der Waals surface area contributed by atoms with Crippen LogP contribution in [-0.2, 0) is 10.0 Å². The largest absolute Gasteiger partial charge is 0.497 e. The zero-order chi connectivity index (χ0) is 28.8. The van der Waals surface area contributed by atoms with Crippen molar-refractivity contribution < 1.29 is 22.7 Å². The van der Waals surface area contributed by atoms with Crippen molar-refractivity contribution in [2.75, 3.05) is 62.6 Å². The standard InChI is InChI=1S/C29H33N5O5S2/c1-3-39-22-10-13-26-27(20-22)40-29(31-26)34-18-16-33(17-19-34)15-14-30-28(35)24-6-4-5-7-25(24)32-41(36,37)23-11-8-21(38-2)9-12-23/h4-13,20,32H,3,14-19H2,1-2H3,(H,30,35). The summed E-state index contributed by atoms with van der Waals surface area (Å²) in [5, 5.41) is 3.95. The fourth-order valence-electron chi connectivity index (χ4n) is 4.60. The first-order valence-electron chi connectivity index (χ1n) is 13.4. The van der Waals surface area contributed by atoms with Crippen molar-refractivity contribution in [1.82, 2.24) is 15.2 Å². The maximum Gasteiger partial charge on any atom is 0.261 e. The summed E-state index contributed by atoms with van der Waals surface area (Å²) in [6, 6.07) is 18.6. The predicted molar refractivity (Wildman–Crippen MR) is 162 cm³/mol. The van der Waals surface area contributed by atoms with Gasteiger partial charge in [-0.3, -0.25) is 14.4 Å². The van der Waals surface area contributed by atoms with Crippen molar-refractivity contribution >= 4 is 48.3 Å². The summed E-state index contributed by atoms with van der Waals surface area (Å²) in [5.41, 5.74) is 1.46. The Bertz CT molecular complexity index is 1600. The maximum absolute atomic E-state index is 13.0. The Hall–Kier alpha value is -3.87. The van der Waals surface area contributed by atoms with E-state index in [4.69, 9.17) is 14.5 Å². The molecule has 0 aliphatic carbocycles. The average Bonchev–Trinajstić information content (AvgIpc) is 3.41. The van der Waals surface area contributed by atoms with E-state index in [0.717, 1.165) is 47.3 Å². The topological polar surface area (TPSA) is 113 Å².